The summed E-state index contributed by atoms with van der Waals surface area (Å²) in [5.74, 6) is 0.455. The van der Waals surface area contributed by atoms with E-state index in [1.807, 2.05) is 0 Å². The zero-order chi connectivity index (χ0) is 26.6. The van der Waals surface area contributed by atoms with Crippen molar-refractivity contribution in [2.45, 2.75) is 65.0 Å². The minimum atomic E-state index is -2.94. The molecule has 2 unspecified atom stereocenters. The molecule has 0 saturated heterocycles. The van der Waals surface area contributed by atoms with Crippen LogP contribution in [0.25, 0.3) is 6.08 Å². The Labute approximate surface area is 239 Å². The Kier molecular flexibility index (Phi) is 7.61. The monoisotopic (exact) mass is 709 g/mol. The van der Waals surface area contributed by atoms with Crippen LogP contribution in [0.5, 0.6) is 0 Å². The number of benzene rings is 2. The normalized spacial score (nSPS) is 21.1. The van der Waals surface area contributed by atoms with Gasteiger partial charge in [0.15, 0.2) is 0 Å². The summed E-state index contributed by atoms with van der Waals surface area (Å²) in [5.41, 5.74) is 12.5. The van der Waals surface area contributed by atoms with Gasteiger partial charge < -0.3 is 0 Å². The summed E-state index contributed by atoms with van der Waals surface area (Å²) in [6, 6.07) is 18.3. The van der Waals surface area contributed by atoms with E-state index in [4.69, 9.17) is 17.2 Å². The van der Waals surface area contributed by atoms with Crippen LogP contribution in [0.4, 0.5) is 0 Å². The predicted molar refractivity (Wildman–Crippen MR) is 162 cm³/mol. The topological polar surface area (TPSA) is 0 Å². The molecule has 0 bridgehead atoms. The molecule has 0 saturated carbocycles. The van der Waals surface area contributed by atoms with E-state index in [2.05, 4.69) is 121 Å². The van der Waals surface area contributed by atoms with Crippen LogP contribution in [-0.2, 0) is 24.5 Å². The molecule has 3 aliphatic rings. The molecular weight excluding hydrogens is 674 g/mol. The fourth-order valence-corrected chi connectivity index (χ4v) is 14.6. The summed E-state index contributed by atoms with van der Waals surface area (Å²) in [6.07, 6.45) is 9.32. The van der Waals surface area contributed by atoms with Crippen molar-refractivity contribution in [1.29, 1.82) is 0 Å². The van der Waals surface area contributed by atoms with Crippen LogP contribution in [0, 0.1) is 0 Å². The van der Waals surface area contributed by atoms with Crippen LogP contribution >= 0.6 is 17.2 Å². The van der Waals surface area contributed by atoms with Crippen LogP contribution in [0.2, 0.25) is 13.1 Å². The van der Waals surface area contributed by atoms with Crippen molar-refractivity contribution < 1.29 is 19.1 Å². The molecule has 4 heteroatoms. The van der Waals surface area contributed by atoms with Crippen molar-refractivity contribution >= 4 is 36.8 Å². The first-order chi connectivity index (χ1) is 17.5. The molecule has 3 aliphatic carbocycles. The molecule has 2 atom stereocenters. The molecule has 189 valence electrons. The molecule has 37 heavy (non-hydrogen) atoms. The fraction of sp³-hybridized carbons (Fsp3) is 0.303. The maximum absolute atomic E-state index is 6.94. The molecule has 0 aliphatic heterocycles. The minimum absolute atomic E-state index is 0.127. The number of rotatable bonds is 3. The second-order valence-corrected chi connectivity index (χ2v) is 25.8. The van der Waals surface area contributed by atoms with Gasteiger partial charge in [-0.3, -0.25) is 0 Å². The van der Waals surface area contributed by atoms with Crippen LogP contribution in [0.1, 0.15) is 68.7 Å². The first-order valence-electron chi connectivity index (χ1n) is 13.1. The number of fused-ring (bicyclic) bond motifs is 2. The van der Waals surface area contributed by atoms with Gasteiger partial charge in [-0.25, -0.2) is 0 Å². The molecule has 0 nitrogen and oxygen atoms in total. The first kappa shape index (κ1) is 27.3. The standard InChI is InChI=1S/C33H35Si.2ClH.Hf/c1-21-19-24-11-8-9-13-27(24)29(21)30-22(2)20-25-12-10-14-28(34(6)7)31(32(25)30)23-15-17-26(18-16-23)33(3,4)5;;;/h8-19,29,31H,1-7H3;2*1H;/q;;;+2/p-2. The molecule has 0 N–H and O–H groups in total. The summed E-state index contributed by atoms with van der Waals surface area (Å²) in [4.78, 5) is 0. The van der Waals surface area contributed by atoms with Gasteiger partial charge in [0.2, 0.25) is 0 Å². The summed E-state index contributed by atoms with van der Waals surface area (Å²) in [5, 5.41) is 1.55. The van der Waals surface area contributed by atoms with Crippen molar-refractivity contribution in [2.24, 2.45) is 0 Å². The Bertz CT molecular complexity index is 1450. The molecule has 0 heterocycles. The Morgan fingerprint density at radius 3 is 2.16 bits per heavy atom. The van der Waals surface area contributed by atoms with Crippen molar-refractivity contribution in [3.8, 4) is 0 Å². The van der Waals surface area contributed by atoms with Gasteiger partial charge in [-0.1, -0.05) is 0 Å². The first-order valence-corrected chi connectivity index (χ1v) is 26.3. The van der Waals surface area contributed by atoms with Gasteiger partial charge in [-0.15, -0.1) is 0 Å². The Morgan fingerprint density at radius 2 is 1.54 bits per heavy atom. The van der Waals surface area contributed by atoms with E-state index >= 15 is 0 Å². The SMILES string of the molecule is CC1=Cc2ccccc2C1C1=C2C(=CC=CC(=[Si](C)C)C2c2ccc(C(C)(C)C)cc2)[C]([Hf]([Cl])[Cl])=C1C. The maximum atomic E-state index is 6.94. The van der Waals surface area contributed by atoms with E-state index in [-0.39, 0.29) is 17.3 Å². The fourth-order valence-electron chi connectivity index (χ4n) is 6.26. The van der Waals surface area contributed by atoms with Gasteiger partial charge in [-0.05, 0) is 0 Å². The Hall–Kier alpha value is -1.32. The zero-order valence-corrected chi connectivity index (χ0v) is 28.9. The van der Waals surface area contributed by atoms with Crippen LogP contribution in [0.15, 0.2) is 98.0 Å². The summed E-state index contributed by atoms with van der Waals surface area (Å²) >= 11 is -2.94. The van der Waals surface area contributed by atoms with E-state index in [9.17, 15) is 0 Å². The predicted octanol–water partition coefficient (Wildman–Crippen LogP) is 9.78. The number of hydrogen-bond donors (Lipinski definition) is 0. The van der Waals surface area contributed by atoms with Gasteiger partial charge in [-0.2, -0.15) is 0 Å². The number of halogens is 2. The van der Waals surface area contributed by atoms with Gasteiger partial charge in [0.25, 0.3) is 0 Å². The van der Waals surface area contributed by atoms with Crippen molar-refractivity contribution in [3.05, 3.63) is 120 Å². The molecular formula is C33H35Cl2HfSi. The molecule has 0 aromatic heterocycles. The molecule has 0 spiro atoms. The molecule has 5 rings (SSSR count). The zero-order valence-electron chi connectivity index (χ0n) is 22.8. The molecule has 2 aromatic carbocycles. The summed E-state index contributed by atoms with van der Waals surface area (Å²) < 4.78 is 1.28. The number of hydrogen-bond acceptors (Lipinski definition) is 0. The Morgan fingerprint density at radius 1 is 0.865 bits per heavy atom. The van der Waals surface area contributed by atoms with Crippen molar-refractivity contribution in [3.63, 3.8) is 0 Å². The van der Waals surface area contributed by atoms with Crippen molar-refractivity contribution in [2.75, 3.05) is 0 Å². The average molecular weight is 709 g/mol. The van der Waals surface area contributed by atoms with Crippen LogP contribution in [-0.4, -0.2) is 13.6 Å². The molecule has 0 radical (unpaired) electrons. The average Bonchev–Trinajstić information content (AvgIpc) is 3.21. The van der Waals surface area contributed by atoms with E-state index in [1.54, 1.807) is 5.17 Å². The van der Waals surface area contributed by atoms with E-state index in [1.165, 1.54) is 53.4 Å². The van der Waals surface area contributed by atoms with Gasteiger partial charge in [0.05, 0.1) is 0 Å². The quantitative estimate of drug-likeness (QED) is 0.279. The van der Waals surface area contributed by atoms with E-state index in [0.717, 1.165) is 0 Å². The molecule has 0 fully saturated rings. The second kappa shape index (κ2) is 10.3. The number of allylic oxidation sites excluding steroid dienone is 9. The van der Waals surface area contributed by atoms with Crippen LogP contribution in [0.3, 0.4) is 0 Å². The van der Waals surface area contributed by atoms with Crippen molar-refractivity contribution in [1.82, 2.24) is 0 Å². The summed E-state index contributed by atoms with van der Waals surface area (Å²) in [7, 11) is 13.2. The van der Waals surface area contributed by atoms with Crippen LogP contribution < -0.4 is 0 Å². The third-order valence-electron chi connectivity index (χ3n) is 8.08. The molecule has 2 aromatic rings. The van der Waals surface area contributed by atoms with E-state index < -0.39 is 27.5 Å². The summed E-state index contributed by atoms with van der Waals surface area (Å²) in [6.45, 7) is 16.3. The third-order valence-corrected chi connectivity index (χ3v) is 16.5. The molecule has 0 amide bonds. The Balaban J connectivity index is 1.82. The van der Waals surface area contributed by atoms with Gasteiger partial charge in [0, 0.05) is 0 Å². The van der Waals surface area contributed by atoms with E-state index in [0.29, 0.717) is 0 Å². The van der Waals surface area contributed by atoms with Gasteiger partial charge >= 0.3 is 241 Å². The second-order valence-electron chi connectivity index (χ2n) is 11.7. The third kappa shape index (κ3) is 4.82. The van der Waals surface area contributed by atoms with Gasteiger partial charge in [0.1, 0.15) is 0 Å².